The molecule has 0 aromatic rings. The molecule has 1 N–H and O–H groups in total. The van der Waals surface area contributed by atoms with Crippen molar-refractivity contribution in [3.63, 3.8) is 0 Å². The largest absolute Gasteiger partial charge is 0.445 e. The van der Waals surface area contributed by atoms with Crippen LogP contribution in [0.25, 0.3) is 0 Å². The van der Waals surface area contributed by atoms with Crippen LogP contribution in [0.2, 0.25) is 0 Å². The molecule has 0 aliphatic carbocycles. The summed E-state index contributed by atoms with van der Waals surface area (Å²) in [5.41, 5.74) is 0.0140. The molecule has 1 saturated heterocycles. The van der Waals surface area contributed by atoms with Crippen molar-refractivity contribution in [1.29, 1.82) is 0 Å². The summed E-state index contributed by atoms with van der Waals surface area (Å²) < 4.78 is 5.29. The molecule has 1 amide bonds. The quantitative estimate of drug-likeness (QED) is 0.703. The van der Waals surface area contributed by atoms with Gasteiger partial charge in [0.05, 0.1) is 6.04 Å². The third-order valence-corrected chi connectivity index (χ3v) is 2.34. The van der Waals surface area contributed by atoms with E-state index >= 15 is 0 Å². The van der Waals surface area contributed by atoms with Crippen molar-refractivity contribution >= 4 is 6.09 Å². The van der Waals surface area contributed by atoms with Gasteiger partial charge in [0.1, 0.15) is 6.10 Å². The molecule has 1 rings (SSSR count). The maximum atomic E-state index is 11.4. The predicted molar refractivity (Wildman–Crippen MR) is 67.6 cm³/mol. The molecule has 96 valence electrons. The zero-order valence-electron chi connectivity index (χ0n) is 11.3. The van der Waals surface area contributed by atoms with Gasteiger partial charge in [0.15, 0.2) is 0 Å². The van der Waals surface area contributed by atoms with Crippen LogP contribution in [0.15, 0.2) is 0 Å². The fourth-order valence-electron chi connectivity index (χ4n) is 1.45. The fraction of sp³-hybridized carbons (Fsp3) is 0.769. The summed E-state index contributed by atoms with van der Waals surface area (Å²) >= 11 is 0. The second kappa shape index (κ2) is 5.42. The molecule has 4 nitrogen and oxygen atoms in total. The van der Waals surface area contributed by atoms with Gasteiger partial charge < -0.3 is 9.64 Å². The van der Waals surface area contributed by atoms with E-state index < -0.39 is 0 Å². The lowest BCUT2D eigenvalue weighted by Crippen LogP contribution is -2.29. The topological polar surface area (TPSA) is 41.6 Å². The van der Waals surface area contributed by atoms with Crippen LogP contribution in [0.1, 0.15) is 27.2 Å². The van der Waals surface area contributed by atoms with E-state index in [2.05, 4.69) is 37.9 Å². The highest BCUT2D eigenvalue weighted by atomic mass is 16.6. The van der Waals surface area contributed by atoms with Crippen LogP contribution in [0, 0.1) is 17.3 Å². The Bertz CT molecular complexity index is 334. The summed E-state index contributed by atoms with van der Waals surface area (Å²) in [7, 11) is 3.36. The Kier molecular flexibility index (Phi) is 4.41. The first-order valence-electron chi connectivity index (χ1n) is 5.92. The summed E-state index contributed by atoms with van der Waals surface area (Å²) in [4.78, 5) is 12.8. The Morgan fingerprint density at radius 2 is 2.06 bits per heavy atom. The maximum Gasteiger partial charge on any atom is 0.409 e. The molecule has 0 aromatic heterocycles. The second-order valence-corrected chi connectivity index (χ2v) is 5.62. The van der Waals surface area contributed by atoms with Gasteiger partial charge in [-0.15, -0.1) is 0 Å². The molecule has 17 heavy (non-hydrogen) atoms. The van der Waals surface area contributed by atoms with E-state index in [4.69, 9.17) is 4.74 Å². The number of nitrogens with zero attached hydrogens (tertiary/aromatic N) is 1. The first-order chi connectivity index (χ1) is 7.78. The van der Waals surface area contributed by atoms with Crippen LogP contribution in [0.3, 0.4) is 0 Å². The molecule has 1 unspecified atom stereocenters. The number of ether oxygens (including phenoxy) is 1. The minimum Gasteiger partial charge on any atom is -0.445 e. The van der Waals surface area contributed by atoms with Gasteiger partial charge in [0.2, 0.25) is 0 Å². The molecular formula is C13H22N2O2. The molecule has 1 aliphatic heterocycles. The zero-order valence-corrected chi connectivity index (χ0v) is 11.3. The summed E-state index contributed by atoms with van der Waals surface area (Å²) in [6.07, 6.45) is 0.410. The van der Waals surface area contributed by atoms with Gasteiger partial charge >= 0.3 is 6.09 Å². The van der Waals surface area contributed by atoms with Crippen molar-refractivity contribution in [3.05, 3.63) is 0 Å². The number of hydrogen-bond donors (Lipinski definition) is 1. The number of carbonyl (C=O) groups excluding carboxylic acids is 1. The summed E-state index contributed by atoms with van der Waals surface area (Å²) in [6, 6.07) is 0.134. The van der Waals surface area contributed by atoms with Gasteiger partial charge in [-0.1, -0.05) is 11.8 Å². The van der Waals surface area contributed by atoms with Gasteiger partial charge in [0.25, 0.3) is 0 Å². The van der Waals surface area contributed by atoms with Crippen LogP contribution < -0.4 is 5.32 Å². The summed E-state index contributed by atoms with van der Waals surface area (Å²) in [5.74, 6) is 6.39. The molecule has 4 heteroatoms. The number of hydrogen-bond acceptors (Lipinski definition) is 3. The molecule has 1 fully saturated rings. The Labute approximate surface area is 104 Å². The van der Waals surface area contributed by atoms with E-state index in [1.54, 1.807) is 14.1 Å². The Morgan fingerprint density at radius 1 is 1.41 bits per heavy atom. The van der Waals surface area contributed by atoms with Crippen molar-refractivity contribution in [1.82, 2.24) is 10.2 Å². The Morgan fingerprint density at radius 3 is 2.59 bits per heavy atom. The van der Waals surface area contributed by atoms with Gasteiger partial charge in [-0.05, 0) is 20.8 Å². The molecule has 0 saturated carbocycles. The van der Waals surface area contributed by atoms with Crippen LogP contribution >= 0.6 is 0 Å². The fourth-order valence-corrected chi connectivity index (χ4v) is 1.45. The van der Waals surface area contributed by atoms with Crippen molar-refractivity contribution in [3.8, 4) is 11.8 Å². The van der Waals surface area contributed by atoms with Crippen molar-refractivity contribution in [2.24, 2.45) is 5.41 Å². The Balaban J connectivity index is 2.42. The maximum absolute atomic E-state index is 11.4. The van der Waals surface area contributed by atoms with Gasteiger partial charge in [0, 0.05) is 32.5 Å². The number of nitrogens with one attached hydrogen (secondary N) is 1. The molecular weight excluding hydrogens is 216 g/mol. The average Bonchev–Trinajstić information content (AvgIpc) is 2.61. The van der Waals surface area contributed by atoms with E-state index in [9.17, 15) is 4.79 Å². The highest BCUT2D eigenvalue weighted by Gasteiger charge is 2.26. The molecule has 1 heterocycles. The summed E-state index contributed by atoms with van der Waals surface area (Å²) in [5, 5.41) is 3.25. The third kappa shape index (κ3) is 5.10. The number of amides is 1. The van der Waals surface area contributed by atoms with Crippen LogP contribution in [-0.4, -0.2) is 43.8 Å². The zero-order chi connectivity index (χ0) is 13.1. The SMILES string of the molecule is CN(C)C(=O)O[C@@H]1CNC(C#CC(C)(C)C)C1. The highest BCUT2D eigenvalue weighted by Crippen LogP contribution is 2.14. The number of rotatable bonds is 1. The summed E-state index contributed by atoms with van der Waals surface area (Å²) in [6.45, 7) is 6.93. The van der Waals surface area contributed by atoms with Gasteiger partial charge in [-0.3, -0.25) is 5.32 Å². The second-order valence-electron chi connectivity index (χ2n) is 5.62. The van der Waals surface area contributed by atoms with Crippen molar-refractivity contribution in [2.45, 2.75) is 39.3 Å². The lowest BCUT2D eigenvalue weighted by molar-refractivity contribution is 0.0826. The van der Waals surface area contributed by atoms with Gasteiger partial charge in [-0.25, -0.2) is 4.79 Å². The number of carbonyl (C=O) groups is 1. The van der Waals surface area contributed by atoms with Crippen molar-refractivity contribution in [2.75, 3.05) is 20.6 Å². The van der Waals surface area contributed by atoms with Crippen LogP contribution in [0.5, 0.6) is 0 Å². The Hall–Kier alpha value is -1.21. The lowest BCUT2D eigenvalue weighted by atomic mass is 9.97. The van der Waals surface area contributed by atoms with Crippen molar-refractivity contribution < 1.29 is 9.53 Å². The van der Waals surface area contributed by atoms with Crippen LogP contribution in [0.4, 0.5) is 4.79 Å². The molecule has 0 spiro atoms. The standard InChI is InChI=1S/C13H22N2O2/c1-13(2,3)7-6-10-8-11(9-14-10)17-12(16)15(4)5/h10-11,14H,8-9H2,1-5H3/t10?,11-/m0/s1. The highest BCUT2D eigenvalue weighted by molar-refractivity contribution is 5.67. The van der Waals surface area contributed by atoms with E-state index in [1.165, 1.54) is 4.90 Å². The molecule has 0 bridgehead atoms. The average molecular weight is 238 g/mol. The first-order valence-corrected chi connectivity index (χ1v) is 5.92. The van der Waals surface area contributed by atoms with E-state index in [0.717, 1.165) is 6.42 Å². The predicted octanol–water partition coefficient (Wildman–Crippen LogP) is 1.46. The first kappa shape index (κ1) is 13.9. The smallest absolute Gasteiger partial charge is 0.409 e. The minimum absolute atomic E-state index is 0.0140. The normalized spacial score (nSPS) is 23.8. The van der Waals surface area contributed by atoms with Gasteiger partial charge in [-0.2, -0.15) is 0 Å². The molecule has 2 atom stereocenters. The van der Waals surface area contributed by atoms with Crippen LogP contribution in [-0.2, 0) is 4.74 Å². The third-order valence-electron chi connectivity index (χ3n) is 2.34. The van der Waals surface area contributed by atoms with E-state index in [1.807, 2.05) is 0 Å². The molecule has 0 aromatic carbocycles. The van der Waals surface area contributed by atoms with E-state index in [-0.39, 0.29) is 23.7 Å². The monoisotopic (exact) mass is 238 g/mol. The minimum atomic E-state index is -0.291. The van der Waals surface area contributed by atoms with E-state index in [0.29, 0.717) is 6.54 Å². The lowest BCUT2D eigenvalue weighted by Gasteiger charge is -2.15. The molecule has 0 radical (unpaired) electrons. The molecule has 1 aliphatic rings.